The van der Waals surface area contributed by atoms with E-state index < -0.39 is 0 Å². The number of thioether (sulfide) groups is 1. The highest BCUT2D eigenvalue weighted by atomic mass is 32.2. The monoisotopic (exact) mass is 189 g/mol. The largest absolute Gasteiger partial charge is 0.298 e. The maximum absolute atomic E-state index is 2.54. The van der Waals surface area contributed by atoms with Crippen molar-refractivity contribution < 1.29 is 0 Å². The molecule has 0 heterocycles. The van der Waals surface area contributed by atoms with Gasteiger partial charge in [-0.15, -0.1) is 0 Å². The van der Waals surface area contributed by atoms with E-state index in [4.69, 9.17) is 0 Å². The number of nitrogens with zero attached hydrogens (tertiary/aromatic N) is 1. The first-order valence-electron chi connectivity index (χ1n) is 4.93. The molecule has 74 valence electrons. The van der Waals surface area contributed by atoms with Crippen molar-refractivity contribution >= 4 is 11.8 Å². The molecule has 0 rings (SSSR count). The van der Waals surface area contributed by atoms with Crippen LogP contribution in [-0.2, 0) is 0 Å². The highest BCUT2D eigenvalue weighted by Gasteiger charge is 2.11. The van der Waals surface area contributed by atoms with E-state index in [9.17, 15) is 0 Å². The fourth-order valence-corrected chi connectivity index (χ4v) is 2.06. The maximum Gasteiger partial charge on any atom is 0.00777 e. The predicted octanol–water partition coefficient (Wildman–Crippen LogP) is 2.86. The highest BCUT2D eigenvalue weighted by Crippen LogP contribution is 2.07. The van der Waals surface area contributed by atoms with Crippen LogP contribution in [-0.4, -0.2) is 35.0 Å². The van der Waals surface area contributed by atoms with Crippen LogP contribution in [0.25, 0.3) is 0 Å². The van der Waals surface area contributed by atoms with Gasteiger partial charge in [-0.25, -0.2) is 0 Å². The van der Waals surface area contributed by atoms with Gasteiger partial charge in [0.25, 0.3) is 0 Å². The van der Waals surface area contributed by atoms with Gasteiger partial charge in [0, 0.05) is 24.4 Å². The molecular formula is C10H23NS. The summed E-state index contributed by atoms with van der Waals surface area (Å²) in [5, 5.41) is 0. The summed E-state index contributed by atoms with van der Waals surface area (Å²) in [6, 6.07) is 1.37. The number of hydrogen-bond acceptors (Lipinski definition) is 2. The Morgan fingerprint density at radius 2 is 1.58 bits per heavy atom. The second-order valence-electron chi connectivity index (χ2n) is 3.62. The van der Waals surface area contributed by atoms with Crippen molar-refractivity contribution in [1.82, 2.24) is 4.90 Å². The van der Waals surface area contributed by atoms with Crippen LogP contribution in [0.3, 0.4) is 0 Å². The lowest BCUT2D eigenvalue weighted by atomic mass is 10.2. The SMILES string of the molecule is CCSCCN(C(C)C)C(C)C. The van der Waals surface area contributed by atoms with E-state index in [1.54, 1.807) is 0 Å². The lowest BCUT2D eigenvalue weighted by molar-refractivity contribution is 0.187. The molecule has 0 saturated carbocycles. The smallest absolute Gasteiger partial charge is 0.00777 e. The minimum Gasteiger partial charge on any atom is -0.298 e. The standard InChI is InChI=1S/C10H23NS/c1-6-12-8-7-11(9(2)3)10(4)5/h9-10H,6-8H2,1-5H3. The van der Waals surface area contributed by atoms with Crippen LogP contribution in [0.5, 0.6) is 0 Å². The van der Waals surface area contributed by atoms with Crippen LogP contribution in [0.4, 0.5) is 0 Å². The first-order chi connectivity index (χ1) is 5.59. The molecule has 0 spiro atoms. The van der Waals surface area contributed by atoms with Crippen molar-refractivity contribution in [1.29, 1.82) is 0 Å². The molecule has 12 heavy (non-hydrogen) atoms. The summed E-state index contributed by atoms with van der Waals surface area (Å²) in [6.45, 7) is 12.5. The molecule has 1 nitrogen and oxygen atoms in total. The molecule has 0 unspecified atom stereocenters. The van der Waals surface area contributed by atoms with Gasteiger partial charge in [0.2, 0.25) is 0 Å². The number of rotatable bonds is 6. The molecule has 0 aromatic carbocycles. The normalized spacial score (nSPS) is 12.0. The van der Waals surface area contributed by atoms with Crippen LogP contribution < -0.4 is 0 Å². The second-order valence-corrected chi connectivity index (χ2v) is 5.02. The van der Waals surface area contributed by atoms with E-state index in [1.807, 2.05) is 11.8 Å². The molecule has 0 aliphatic rings. The minimum atomic E-state index is 0.683. The van der Waals surface area contributed by atoms with Crippen molar-refractivity contribution in [3.05, 3.63) is 0 Å². The Labute approximate surface area is 81.9 Å². The van der Waals surface area contributed by atoms with E-state index in [0.29, 0.717) is 12.1 Å². The molecular weight excluding hydrogens is 166 g/mol. The van der Waals surface area contributed by atoms with Crippen molar-refractivity contribution in [3.63, 3.8) is 0 Å². The van der Waals surface area contributed by atoms with Gasteiger partial charge in [0.15, 0.2) is 0 Å². The predicted molar refractivity (Wildman–Crippen MR) is 60.0 cm³/mol. The average molecular weight is 189 g/mol. The summed E-state index contributed by atoms with van der Waals surface area (Å²) in [5.74, 6) is 2.51. The molecule has 0 aromatic rings. The average Bonchev–Trinajstić information content (AvgIpc) is 1.96. The van der Waals surface area contributed by atoms with Crippen molar-refractivity contribution in [3.8, 4) is 0 Å². The van der Waals surface area contributed by atoms with Crippen LogP contribution in [0, 0.1) is 0 Å². The Morgan fingerprint density at radius 1 is 1.08 bits per heavy atom. The Balaban J connectivity index is 3.64. The van der Waals surface area contributed by atoms with Gasteiger partial charge in [0.05, 0.1) is 0 Å². The fourth-order valence-electron chi connectivity index (χ4n) is 1.43. The Kier molecular flexibility index (Phi) is 6.96. The molecule has 0 bridgehead atoms. The lowest BCUT2D eigenvalue weighted by Gasteiger charge is -2.30. The molecule has 2 heteroatoms. The zero-order valence-corrected chi connectivity index (χ0v) is 9.95. The first-order valence-corrected chi connectivity index (χ1v) is 6.08. The van der Waals surface area contributed by atoms with Gasteiger partial charge in [-0.05, 0) is 33.4 Å². The molecule has 0 aliphatic heterocycles. The molecule has 0 fully saturated rings. The topological polar surface area (TPSA) is 3.24 Å². The summed E-state index contributed by atoms with van der Waals surface area (Å²) < 4.78 is 0. The van der Waals surface area contributed by atoms with E-state index >= 15 is 0 Å². The maximum atomic E-state index is 2.54. The number of hydrogen-bond donors (Lipinski definition) is 0. The third-order valence-corrected chi connectivity index (χ3v) is 2.90. The van der Waals surface area contributed by atoms with Gasteiger partial charge in [-0.3, -0.25) is 4.90 Å². The highest BCUT2D eigenvalue weighted by molar-refractivity contribution is 7.99. The van der Waals surface area contributed by atoms with Gasteiger partial charge in [-0.1, -0.05) is 6.92 Å². The summed E-state index contributed by atoms with van der Waals surface area (Å²) >= 11 is 2.03. The van der Waals surface area contributed by atoms with Crippen LogP contribution in [0.2, 0.25) is 0 Å². The third-order valence-electron chi connectivity index (χ3n) is 2.02. The molecule has 0 aromatic heterocycles. The zero-order chi connectivity index (χ0) is 9.56. The molecule has 0 N–H and O–H groups in total. The summed E-state index contributed by atoms with van der Waals surface area (Å²) in [5.41, 5.74) is 0. The second kappa shape index (κ2) is 6.79. The third kappa shape index (κ3) is 5.04. The van der Waals surface area contributed by atoms with E-state index in [1.165, 1.54) is 18.1 Å². The summed E-state index contributed by atoms with van der Waals surface area (Å²) in [4.78, 5) is 2.54. The van der Waals surface area contributed by atoms with Crippen LogP contribution in [0.15, 0.2) is 0 Å². The molecule has 0 radical (unpaired) electrons. The zero-order valence-electron chi connectivity index (χ0n) is 9.13. The van der Waals surface area contributed by atoms with Gasteiger partial charge in [-0.2, -0.15) is 11.8 Å². The van der Waals surface area contributed by atoms with Gasteiger partial charge >= 0.3 is 0 Å². The molecule has 0 atom stereocenters. The quantitative estimate of drug-likeness (QED) is 0.591. The Morgan fingerprint density at radius 3 is 1.92 bits per heavy atom. The van der Waals surface area contributed by atoms with Crippen LogP contribution >= 0.6 is 11.8 Å². The lowest BCUT2D eigenvalue weighted by Crippen LogP contribution is -2.38. The first kappa shape index (κ1) is 12.3. The van der Waals surface area contributed by atoms with Crippen LogP contribution in [0.1, 0.15) is 34.6 Å². The molecule has 0 saturated heterocycles. The van der Waals surface area contributed by atoms with Crippen molar-refractivity contribution in [2.24, 2.45) is 0 Å². The van der Waals surface area contributed by atoms with Gasteiger partial charge < -0.3 is 0 Å². The van der Waals surface area contributed by atoms with Crippen molar-refractivity contribution in [2.45, 2.75) is 46.7 Å². The van der Waals surface area contributed by atoms with E-state index in [0.717, 1.165) is 0 Å². The summed E-state index contributed by atoms with van der Waals surface area (Å²) in [6.07, 6.45) is 0. The molecule has 0 amide bonds. The fraction of sp³-hybridized carbons (Fsp3) is 1.00. The van der Waals surface area contributed by atoms with Crippen molar-refractivity contribution in [2.75, 3.05) is 18.1 Å². The molecule has 0 aliphatic carbocycles. The Hall–Kier alpha value is 0.310. The minimum absolute atomic E-state index is 0.683. The Bertz CT molecular complexity index is 94.0. The van der Waals surface area contributed by atoms with E-state index in [2.05, 4.69) is 39.5 Å². The van der Waals surface area contributed by atoms with E-state index in [-0.39, 0.29) is 0 Å². The summed E-state index contributed by atoms with van der Waals surface area (Å²) in [7, 11) is 0. The van der Waals surface area contributed by atoms with Gasteiger partial charge in [0.1, 0.15) is 0 Å².